The molecule has 3 aromatic carbocycles. The smallest absolute Gasteiger partial charge is 0.335 e. The monoisotopic (exact) mass is 567 g/mol. The third-order valence-corrected chi connectivity index (χ3v) is 5.83. The third-order valence-electron chi connectivity index (χ3n) is 5.55. The maximum atomic E-state index is 13.3. The van der Waals surface area contributed by atoms with Gasteiger partial charge in [-0.15, -0.1) is 0 Å². The molecule has 1 saturated heterocycles. The van der Waals surface area contributed by atoms with Crippen LogP contribution in [0.3, 0.4) is 0 Å². The van der Waals surface area contributed by atoms with Gasteiger partial charge in [0, 0.05) is 5.69 Å². The zero-order valence-electron chi connectivity index (χ0n) is 21.3. The molecule has 1 aliphatic heterocycles. The number of rotatable bonds is 9. The largest absolute Gasteiger partial charge is 0.497 e. The summed E-state index contributed by atoms with van der Waals surface area (Å²) in [5, 5.41) is 4.83. The molecule has 40 heavy (non-hydrogen) atoms. The highest BCUT2D eigenvalue weighted by molar-refractivity contribution is 6.39. The Kier molecular flexibility index (Phi) is 8.65. The molecular weight excluding hydrogens is 545 g/mol. The first-order valence-electron chi connectivity index (χ1n) is 11.9. The van der Waals surface area contributed by atoms with Gasteiger partial charge in [-0.1, -0.05) is 11.6 Å². The van der Waals surface area contributed by atoms with Gasteiger partial charge in [0.05, 0.1) is 24.4 Å². The predicted octanol–water partition coefficient (Wildman–Crippen LogP) is 4.57. The second-order valence-corrected chi connectivity index (χ2v) is 8.67. The number of methoxy groups -OCH3 is 1. The van der Waals surface area contributed by atoms with Crippen molar-refractivity contribution < 1.29 is 37.8 Å². The molecule has 0 spiro atoms. The molecule has 0 unspecified atom stereocenters. The summed E-state index contributed by atoms with van der Waals surface area (Å²) in [7, 11) is 1.54. The fourth-order valence-electron chi connectivity index (χ4n) is 3.73. The van der Waals surface area contributed by atoms with E-state index in [2.05, 4.69) is 10.6 Å². The summed E-state index contributed by atoms with van der Waals surface area (Å²) in [5.41, 5.74) is 0.536. The van der Waals surface area contributed by atoms with Crippen LogP contribution in [0.1, 0.15) is 12.5 Å². The number of halogens is 2. The number of imide groups is 2. The molecule has 10 nitrogen and oxygen atoms in total. The summed E-state index contributed by atoms with van der Waals surface area (Å²) >= 11 is 6.43. The molecule has 1 heterocycles. The number of carbonyl (C=O) groups excluding carboxylic acids is 4. The molecule has 0 radical (unpaired) electrons. The Hall–Kier alpha value is -4.90. The van der Waals surface area contributed by atoms with Gasteiger partial charge in [0.25, 0.3) is 17.7 Å². The van der Waals surface area contributed by atoms with Crippen LogP contribution in [0.15, 0.2) is 66.2 Å². The van der Waals surface area contributed by atoms with Crippen LogP contribution in [0.25, 0.3) is 6.08 Å². The fraction of sp³-hybridized carbons (Fsp3) is 0.143. The summed E-state index contributed by atoms with van der Waals surface area (Å²) in [6.45, 7) is 1.56. The van der Waals surface area contributed by atoms with E-state index in [4.69, 9.17) is 25.8 Å². The van der Waals surface area contributed by atoms with Crippen molar-refractivity contribution in [3.05, 3.63) is 82.6 Å². The van der Waals surface area contributed by atoms with Crippen LogP contribution in [-0.2, 0) is 14.4 Å². The first kappa shape index (κ1) is 28.1. The molecule has 5 amide bonds. The topological polar surface area (TPSA) is 123 Å². The van der Waals surface area contributed by atoms with E-state index < -0.39 is 29.6 Å². The number of benzene rings is 3. The molecule has 0 aromatic heterocycles. The summed E-state index contributed by atoms with van der Waals surface area (Å²) in [5.74, 6) is -1.96. The molecule has 12 heteroatoms. The predicted molar refractivity (Wildman–Crippen MR) is 145 cm³/mol. The third kappa shape index (κ3) is 6.38. The number of hydrogen-bond donors (Lipinski definition) is 2. The van der Waals surface area contributed by atoms with Gasteiger partial charge in [-0.3, -0.25) is 19.7 Å². The van der Waals surface area contributed by atoms with E-state index >= 15 is 0 Å². The quantitative estimate of drug-likeness (QED) is 0.287. The zero-order chi connectivity index (χ0) is 28.8. The second-order valence-electron chi connectivity index (χ2n) is 8.26. The fourth-order valence-corrected chi connectivity index (χ4v) is 4.01. The van der Waals surface area contributed by atoms with Crippen molar-refractivity contribution in [3.8, 4) is 17.2 Å². The summed E-state index contributed by atoms with van der Waals surface area (Å²) < 4.78 is 29.7. The molecule has 1 aliphatic rings. The summed E-state index contributed by atoms with van der Waals surface area (Å²) in [4.78, 5) is 51.1. The number of anilines is 2. The van der Waals surface area contributed by atoms with Crippen LogP contribution in [-0.4, -0.2) is 44.1 Å². The number of hydrogen-bond acceptors (Lipinski definition) is 7. The number of nitrogens with zero attached hydrogens (tertiary/aromatic N) is 1. The highest BCUT2D eigenvalue weighted by Gasteiger charge is 2.37. The molecule has 0 saturated carbocycles. The van der Waals surface area contributed by atoms with Crippen molar-refractivity contribution in [3.63, 3.8) is 0 Å². The lowest BCUT2D eigenvalue weighted by molar-refractivity contribution is -0.122. The standard InChI is InChI=1S/C28H23ClFN3O7/c1-3-39-23-14-16(12-21-26(35)32-28(37)33(27(21)36)19-8-4-17(30)5-9-19)13-22(29)25(23)40-15-24(34)31-18-6-10-20(38-2)11-7-18/h4-14H,3,15H2,1-2H3,(H,31,34)(H,32,35,37)/b21-12+. The van der Waals surface area contributed by atoms with Crippen molar-refractivity contribution in [2.45, 2.75) is 6.92 Å². The van der Waals surface area contributed by atoms with Gasteiger partial charge in [-0.2, -0.15) is 0 Å². The number of amides is 5. The lowest BCUT2D eigenvalue weighted by Gasteiger charge is -2.26. The molecule has 0 bridgehead atoms. The van der Waals surface area contributed by atoms with Crippen molar-refractivity contribution in [2.75, 3.05) is 30.5 Å². The van der Waals surface area contributed by atoms with Crippen molar-refractivity contribution in [2.24, 2.45) is 0 Å². The highest BCUT2D eigenvalue weighted by atomic mass is 35.5. The molecular formula is C28H23ClFN3O7. The van der Waals surface area contributed by atoms with Gasteiger partial charge in [0.1, 0.15) is 17.1 Å². The first-order valence-corrected chi connectivity index (χ1v) is 12.3. The summed E-state index contributed by atoms with van der Waals surface area (Å²) in [6, 6.07) is 13.3. The molecule has 206 valence electrons. The van der Waals surface area contributed by atoms with E-state index in [1.54, 1.807) is 31.2 Å². The Morgan fingerprint density at radius 1 is 1.05 bits per heavy atom. The van der Waals surface area contributed by atoms with Gasteiger partial charge >= 0.3 is 6.03 Å². The molecule has 0 atom stereocenters. The Balaban J connectivity index is 1.55. The van der Waals surface area contributed by atoms with E-state index in [9.17, 15) is 23.6 Å². The lowest BCUT2D eigenvalue weighted by Crippen LogP contribution is -2.54. The minimum absolute atomic E-state index is 0.0465. The van der Waals surface area contributed by atoms with Gasteiger partial charge in [-0.25, -0.2) is 14.1 Å². The normalized spacial score (nSPS) is 14.2. The Bertz CT molecular complexity index is 1490. The van der Waals surface area contributed by atoms with Crippen molar-refractivity contribution in [1.29, 1.82) is 0 Å². The minimum atomic E-state index is -0.969. The number of carbonyl (C=O) groups is 4. The van der Waals surface area contributed by atoms with Crippen molar-refractivity contribution in [1.82, 2.24) is 5.32 Å². The van der Waals surface area contributed by atoms with E-state index in [0.29, 0.717) is 11.4 Å². The van der Waals surface area contributed by atoms with Crippen LogP contribution < -0.4 is 29.7 Å². The molecule has 2 N–H and O–H groups in total. The Morgan fingerprint density at radius 3 is 2.40 bits per heavy atom. The van der Waals surface area contributed by atoms with Gasteiger partial charge in [0.15, 0.2) is 18.1 Å². The van der Waals surface area contributed by atoms with Gasteiger partial charge in [-0.05, 0) is 79.2 Å². The molecule has 1 fully saturated rings. The highest BCUT2D eigenvalue weighted by Crippen LogP contribution is 2.37. The molecule has 4 rings (SSSR count). The van der Waals surface area contributed by atoms with Crippen LogP contribution in [0.5, 0.6) is 17.2 Å². The first-order chi connectivity index (χ1) is 19.2. The summed E-state index contributed by atoms with van der Waals surface area (Å²) in [6.07, 6.45) is 1.23. The minimum Gasteiger partial charge on any atom is -0.497 e. The Labute approximate surface area is 233 Å². The van der Waals surface area contributed by atoms with Crippen LogP contribution in [0, 0.1) is 5.82 Å². The van der Waals surface area contributed by atoms with E-state index in [0.717, 1.165) is 17.0 Å². The lowest BCUT2D eigenvalue weighted by atomic mass is 10.1. The van der Waals surface area contributed by atoms with Gasteiger partial charge in [0.2, 0.25) is 0 Å². The zero-order valence-corrected chi connectivity index (χ0v) is 22.1. The van der Waals surface area contributed by atoms with E-state index in [1.807, 2.05) is 0 Å². The van der Waals surface area contributed by atoms with Crippen molar-refractivity contribution >= 4 is 52.8 Å². The average molecular weight is 568 g/mol. The molecule has 0 aliphatic carbocycles. The Morgan fingerprint density at radius 2 is 1.75 bits per heavy atom. The number of urea groups is 1. The van der Waals surface area contributed by atoms with E-state index in [-0.39, 0.29) is 46.6 Å². The maximum Gasteiger partial charge on any atom is 0.335 e. The number of barbiturate groups is 1. The van der Waals surface area contributed by atoms with Crippen LogP contribution >= 0.6 is 11.6 Å². The van der Waals surface area contributed by atoms with Crippen LogP contribution in [0.4, 0.5) is 20.6 Å². The van der Waals surface area contributed by atoms with E-state index in [1.165, 1.54) is 37.5 Å². The second kappa shape index (κ2) is 12.3. The maximum absolute atomic E-state index is 13.3. The number of ether oxygens (including phenoxy) is 3. The molecule has 3 aromatic rings. The average Bonchev–Trinajstić information content (AvgIpc) is 2.92. The van der Waals surface area contributed by atoms with Gasteiger partial charge < -0.3 is 19.5 Å². The van der Waals surface area contributed by atoms with Crippen LogP contribution in [0.2, 0.25) is 5.02 Å². The SMILES string of the molecule is CCOc1cc(/C=C2\C(=O)NC(=O)N(c3ccc(F)cc3)C2=O)cc(Cl)c1OCC(=O)Nc1ccc(OC)cc1. The number of nitrogens with one attached hydrogen (secondary N) is 2.